The lowest BCUT2D eigenvalue weighted by Gasteiger charge is -2.30. The molecular formula is C9H17N5O. The summed E-state index contributed by atoms with van der Waals surface area (Å²) in [6.07, 6.45) is 2.15. The second-order valence-electron chi connectivity index (χ2n) is 3.86. The molecule has 84 valence electrons. The first-order chi connectivity index (χ1) is 7.24. The topological polar surface area (TPSA) is 81.1 Å². The van der Waals surface area contributed by atoms with Crippen molar-refractivity contribution in [2.24, 2.45) is 11.0 Å². The predicted molar refractivity (Wildman–Crippen MR) is 57.4 cm³/mol. The van der Waals surface area contributed by atoms with Gasteiger partial charge in [-0.05, 0) is 24.3 Å². The third kappa shape index (κ3) is 4.08. The first-order valence-electron chi connectivity index (χ1n) is 5.27. The van der Waals surface area contributed by atoms with Gasteiger partial charge in [-0.15, -0.1) is 0 Å². The van der Waals surface area contributed by atoms with E-state index in [-0.39, 0.29) is 6.03 Å². The van der Waals surface area contributed by atoms with Crippen LogP contribution in [0.4, 0.5) is 4.79 Å². The van der Waals surface area contributed by atoms with E-state index < -0.39 is 0 Å². The quantitative estimate of drug-likeness (QED) is 0.328. The standard InChI is InChI=1S/C9H17N5O/c1-8-2-6-14(7-3-8)9(15)11-4-5-12-13-10/h8H,2-7H2,1H3,(H,11,15). The first kappa shape index (κ1) is 11.7. The number of azide groups is 1. The Bertz CT molecular complexity index is 253. The molecule has 1 heterocycles. The van der Waals surface area contributed by atoms with Crippen LogP contribution in [-0.2, 0) is 0 Å². The van der Waals surface area contributed by atoms with Crippen molar-refractivity contribution >= 4 is 6.03 Å². The Morgan fingerprint density at radius 3 is 2.87 bits per heavy atom. The van der Waals surface area contributed by atoms with Crippen molar-refractivity contribution < 1.29 is 4.79 Å². The molecule has 1 N–H and O–H groups in total. The molecular weight excluding hydrogens is 194 g/mol. The van der Waals surface area contributed by atoms with Crippen molar-refractivity contribution in [3.63, 3.8) is 0 Å². The maximum atomic E-state index is 11.5. The molecule has 0 aliphatic carbocycles. The number of carbonyl (C=O) groups is 1. The molecule has 0 spiro atoms. The van der Waals surface area contributed by atoms with Gasteiger partial charge in [-0.1, -0.05) is 12.0 Å². The van der Waals surface area contributed by atoms with Gasteiger partial charge in [0.05, 0.1) is 0 Å². The van der Waals surface area contributed by atoms with Crippen LogP contribution in [0.5, 0.6) is 0 Å². The van der Waals surface area contributed by atoms with Crippen LogP contribution in [-0.4, -0.2) is 37.1 Å². The zero-order chi connectivity index (χ0) is 11.1. The summed E-state index contributed by atoms with van der Waals surface area (Å²) in [5.74, 6) is 0.720. The average Bonchev–Trinajstić information content (AvgIpc) is 2.25. The number of carbonyl (C=O) groups excluding carboxylic acids is 1. The van der Waals surface area contributed by atoms with Crippen LogP contribution in [0.15, 0.2) is 5.11 Å². The molecule has 0 unspecified atom stereocenters. The Morgan fingerprint density at radius 1 is 1.60 bits per heavy atom. The fourth-order valence-electron chi connectivity index (χ4n) is 1.58. The molecule has 0 bridgehead atoms. The summed E-state index contributed by atoms with van der Waals surface area (Å²) in [5.41, 5.74) is 8.04. The van der Waals surface area contributed by atoms with E-state index in [9.17, 15) is 4.79 Å². The maximum Gasteiger partial charge on any atom is 0.317 e. The van der Waals surface area contributed by atoms with E-state index in [1.165, 1.54) is 0 Å². The summed E-state index contributed by atoms with van der Waals surface area (Å²) in [4.78, 5) is 16.0. The molecule has 0 aromatic carbocycles. The Morgan fingerprint density at radius 2 is 2.27 bits per heavy atom. The van der Waals surface area contributed by atoms with Crippen LogP contribution in [0, 0.1) is 5.92 Å². The summed E-state index contributed by atoms with van der Waals surface area (Å²) in [5, 5.41) is 6.07. The highest BCUT2D eigenvalue weighted by Gasteiger charge is 2.19. The Labute approximate surface area is 89.3 Å². The van der Waals surface area contributed by atoms with E-state index >= 15 is 0 Å². The fourth-order valence-corrected chi connectivity index (χ4v) is 1.58. The highest BCUT2D eigenvalue weighted by Crippen LogP contribution is 2.15. The van der Waals surface area contributed by atoms with Crippen molar-refractivity contribution in [1.82, 2.24) is 10.2 Å². The smallest absolute Gasteiger partial charge is 0.317 e. The number of piperidine rings is 1. The Hall–Kier alpha value is -1.42. The van der Waals surface area contributed by atoms with Crippen molar-refractivity contribution in [3.05, 3.63) is 10.4 Å². The van der Waals surface area contributed by atoms with Gasteiger partial charge in [0.25, 0.3) is 0 Å². The van der Waals surface area contributed by atoms with Gasteiger partial charge >= 0.3 is 6.03 Å². The maximum absolute atomic E-state index is 11.5. The van der Waals surface area contributed by atoms with E-state index in [2.05, 4.69) is 22.3 Å². The molecule has 1 rings (SSSR count). The lowest BCUT2D eigenvalue weighted by Crippen LogP contribution is -2.44. The van der Waals surface area contributed by atoms with Gasteiger partial charge in [-0.25, -0.2) is 4.79 Å². The monoisotopic (exact) mass is 211 g/mol. The van der Waals surface area contributed by atoms with Gasteiger partial charge < -0.3 is 10.2 Å². The minimum atomic E-state index is -0.0463. The third-order valence-electron chi connectivity index (χ3n) is 2.62. The second kappa shape index (κ2) is 6.14. The number of hydrogen-bond acceptors (Lipinski definition) is 2. The second-order valence-corrected chi connectivity index (χ2v) is 3.86. The molecule has 1 aliphatic rings. The highest BCUT2D eigenvalue weighted by atomic mass is 16.2. The van der Waals surface area contributed by atoms with E-state index in [1.54, 1.807) is 0 Å². The number of nitrogens with one attached hydrogen (secondary N) is 1. The molecule has 6 nitrogen and oxygen atoms in total. The molecule has 0 saturated carbocycles. The van der Waals surface area contributed by atoms with Crippen LogP contribution in [0.3, 0.4) is 0 Å². The summed E-state index contributed by atoms with van der Waals surface area (Å²) in [6.45, 7) is 4.58. The van der Waals surface area contributed by atoms with Gasteiger partial charge in [0, 0.05) is 31.1 Å². The summed E-state index contributed by atoms with van der Waals surface area (Å²) < 4.78 is 0. The van der Waals surface area contributed by atoms with Crippen LogP contribution >= 0.6 is 0 Å². The molecule has 0 atom stereocenters. The largest absolute Gasteiger partial charge is 0.338 e. The highest BCUT2D eigenvalue weighted by molar-refractivity contribution is 5.74. The van der Waals surface area contributed by atoms with Crippen molar-refractivity contribution in [3.8, 4) is 0 Å². The fraction of sp³-hybridized carbons (Fsp3) is 0.889. The number of hydrogen-bond donors (Lipinski definition) is 1. The predicted octanol–water partition coefficient (Wildman–Crippen LogP) is 1.74. The molecule has 0 aromatic heterocycles. The van der Waals surface area contributed by atoms with Gasteiger partial charge in [-0.2, -0.15) is 0 Å². The minimum Gasteiger partial charge on any atom is -0.338 e. The molecule has 6 heteroatoms. The van der Waals surface area contributed by atoms with Crippen molar-refractivity contribution in [1.29, 1.82) is 0 Å². The van der Waals surface area contributed by atoms with Crippen LogP contribution < -0.4 is 5.32 Å². The SMILES string of the molecule is CC1CCN(C(=O)NCCN=[N+]=[N-])CC1. The molecule has 1 fully saturated rings. The number of likely N-dealkylation sites (tertiary alicyclic amines) is 1. The van der Waals surface area contributed by atoms with E-state index in [1.807, 2.05) is 4.90 Å². The molecule has 1 aliphatic heterocycles. The van der Waals surface area contributed by atoms with Crippen LogP contribution in [0.1, 0.15) is 19.8 Å². The first-order valence-corrected chi connectivity index (χ1v) is 5.27. The molecule has 0 aromatic rings. The van der Waals surface area contributed by atoms with Crippen LogP contribution in [0.2, 0.25) is 0 Å². The zero-order valence-corrected chi connectivity index (χ0v) is 9.02. The van der Waals surface area contributed by atoms with E-state index in [0.29, 0.717) is 13.1 Å². The van der Waals surface area contributed by atoms with Gasteiger partial charge in [0.15, 0.2) is 0 Å². The number of urea groups is 1. The average molecular weight is 211 g/mol. The normalized spacial score (nSPS) is 17.0. The minimum absolute atomic E-state index is 0.0463. The molecule has 0 radical (unpaired) electrons. The summed E-state index contributed by atoms with van der Waals surface area (Å²) in [6, 6.07) is -0.0463. The van der Waals surface area contributed by atoms with Gasteiger partial charge in [-0.3, -0.25) is 0 Å². The number of rotatable bonds is 3. The molecule has 1 saturated heterocycles. The summed E-state index contributed by atoms with van der Waals surface area (Å²) >= 11 is 0. The van der Waals surface area contributed by atoms with Gasteiger partial charge in [0.1, 0.15) is 0 Å². The van der Waals surface area contributed by atoms with E-state index in [4.69, 9.17) is 5.53 Å². The van der Waals surface area contributed by atoms with E-state index in [0.717, 1.165) is 31.8 Å². The van der Waals surface area contributed by atoms with Crippen molar-refractivity contribution in [2.75, 3.05) is 26.2 Å². The molecule has 15 heavy (non-hydrogen) atoms. The third-order valence-corrected chi connectivity index (χ3v) is 2.62. The summed E-state index contributed by atoms with van der Waals surface area (Å²) in [7, 11) is 0. The van der Waals surface area contributed by atoms with Crippen LogP contribution in [0.25, 0.3) is 10.4 Å². The lowest BCUT2D eigenvalue weighted by atomic mass is 10.00. The molecule has 2 amide bonds. The lowest BCUT2D eigenvalue weighted by molar-refractivity contribution is 0.174. The Balaban J connectivity index is 2.19. The van der Waals surface area contributed by atoms with Gasteiger partial charge in [0.2, 0.25) is 0 Å². The Kier molecular flexibility index (Phi) is 4.77. The number of amides is 2. The van der Waals surface area contributed by atoms with Crippen molar-refractivity contribution in [2.45, 2.75) is 19.8 Å². The zero-order valence-electron chi connectivity index (χ0n) is 9.02. The number of nitrogens with zero attached hydrogens (tertiary/aromatic N) is 4.